The van der Waals surface area contributed by atoms with Crippen LogP contribution in [0.4, 0.5) is 0 Å². The Morgan fingerprint density at radius 2 is 2.14 bits per heavy atom. The summed E-state index contributed by atoms with van der Waals surface area (Å²) in [5.41, 5.74) is 1.81. The number of benzene rings is 1. The molecule has 0 unspecified atom stereocenters. The van der Waals surface area contributed by atoms with Crippen LogP contribution in [0.2, 0.25) is 5.15 Å². The van der Waals surface area contributed by atoms with E-state index in [2.05, 4.69) is 21.0 Å². The molecule has 0 amide bonds. The molecule has 2 aromatic heterocycles. The second-order valence-corrected chi connectivity index (χ2v) is 5.69. The van der Waals surface area contributed by atoms with Gasteiger partial charge in [0.2, 0.25) is 0 Å². The molecule has 6 heteroatoms. The molecular weight excluding hydrogens is 306 g/mol. The summed E-state index contributed by atoms with van der Waals surface area (Å²) >= 11 is 7.87. The summed E-state index contributed by atoms with van der Waals surface area (Å²) < 4.78 is 5.20. The predicted molar refractivity (Wildman–Crippen MR) is 84.9 cm³/mol. The number of ether oxygens (including phenoxy) is 1. The molecule has 0 aliphatic carbocycles. The van der Waals surface area contributed by atoms with Crippen molar-refractivity contribution in [2.24, 2.45) is 0 Å². The highest BCUT2D eigenvalue weighted by atomic mass is 35.5. The summed E-state index contributed by atoms with van der Waals surface area (Å²) in [6, 6.07) is 9.70. The number of halogens is 1. The molecule has 0 N–H and O–H groups in total. The molecule has 0 saturated carbocycles. The normalized spacial score (nSPS) is 10.8. The van der Waals surface area contributed by atoms with Gasteiger partial charge in [0.25, 0.3) is 0 Å². The van der Waals surface area contributed by atoms with Crippen LogP contribution in [0.1, 0.15) is 5.56 Å². The molecule has 2 heterocycles. The summed E-state index contributed by atoms with van der Waals surface area (Å²) in [6.45, 7) is 0. The van der Waals surface area contributed by atoms with Gasteiger partial charge in [-0.15, -0.1) is 11.8 Å². The van der Waals surface area contributed by atoms with Crippen molar-refractivity contribution in [3.8, 4) is 5.75 Å². The Balaban J connectivity index is 1.87. The molecule has 0 aliphatic rings. The van der Waals surface area contributed by atoms with Crippen LogP contribution in [-0.2, 0) is 5.75 Å². The van der Waals surface area contributed by atoms with Crippen molar-refractivity contribution < 1.29 is 4.74 Å². The van der Waals surface area contributed by atoms with Crippen LogP contribution in [0.5, 0.6) is 5.75 Å². The lowest BCUT2D eigenvalue weighted by Gasteiger charge is -2.07. The van der Waals surface area contributed by atoms with Crippen LogP contribution in [0.25, 0.3) is 10.9 Å². The molecule has 0 radical (unpaired) electrons. The first kappa shape index (κ1) is 14.1. The van der Waals surface area contributed by atoms with Gasteiger partial charge in [0.15, 0.2) is 0 Å². The first-order chi connectivity index (χ1) is 10.3. The smallest absolute Gasteiger partial charge is 0.133 e. The minimum atomic E-state index is 0.511. The molecule has 0 fully saturated rings. The standard InChI is InChI=1S/C15H12ClN3OS/c1-20-12-3-2-10-6-11(15(16)19-13(10)7-12)8-21-14-4-5-17-9-18-14/h2-7,9H,8H2,1H3. The van der Waals surface area contributed by atoms with Crippen molar-refractivity contribution in [3.05, 3.63) is 53.6 Å². The van der Waals surface area contributed by atoms with Crippen molar-refractivity contribution in [2.75, 3.05) is 7.11 Å². The summed E-state index contributed by atoms with van der Waals surface area (Å²) in [5.74, 6) is 1.49. The molecule has 3 aromatic rings. The summed E-state index contributed by atoms with van der Waals surface area (Å²) in [4.78, 5) is 12.5. The van der Waals surface area contributed by atoms with Gasteiger partial charge in [-0.05, 0) is 24.3 Å². The highest BCUT2D eigenvalue weighted by molar-refractivity contribution is 7.98. The van der Waals surface area contributed by atoms with Crippen LogP contribution in [0.3, 0.4) is 0 Å². The van der Waals surface area contributed by atoms with E-state index in [9.17, 15) is 0 Å². The Kier molecular flexibility index (Phi) is 4.22. The van der Waals surface area contributed by atoms with E-state index in [0.29, 0.717) is 10.9 Å². The van der Waals surface area contributed by atoms with E-state index in [1.807, 2.05) is 24.3 Å². The minimum absolute atomic E-state index is 0.511. The van der Waals surface area contributed by atoms with Gasteiger partial charge < -0.3 is 4.74 Å². The van der Waals surface area contributed by atoms with Crippen LogP contribution >= 0.6 is 23.4 Å². The zero-order chi connectivity index (χ0) is 14.7. The monoisotopic (exact) mass is 317 g/mol. The van der Waals surface area contributed by atoms with Gasteiger partial charge in [-0.3, -0.25) is 0 Å². The number of nitrogens with zero attached hydrogens (tertiary/aromatic N) is 3. The van der Waals surface area contributed by atoms with E-state index in [0.717, 1.165) is 27.2 Å². The average molecular weight is 318 g/mol. The van der Waals surface area contributed by atoms with E-state index in [-0.39, 0.29) is 0 Å². The van der Waals surface area contributed by atoms with Crippen molar-refractivity contribution in [1.29, 1.82) is 0 Å². The number of pyridine rings is 1. The quantitative estimate of drug-likeness (QED) is 0.414. The molecule has 0 saturated heterocycles. The third-order valence-electron chi connectivity index (χ3n) is 2.98. The van der Waals surface area contributed by atoms with E-state index in [1.54, 1.807) is 25.1 Å². The molecule has 0 bridgehead atoms. The molecule has 4 nitrogen and oxygen atoms in total. The first-order valence-corrected chi connectivity index (χ1v) is 7.64. The van der Waals surface area contributed by atoms with E-state index in [1.165, 1.54) is 6.33 Å². The number of rotatable bonds is 4. The van der Waals surface area contributed by atoms with Gasteiger partial charge in [0.05, 0.1) is 17.7 Å². The fourth-order valence-electron chi connectivity index (χ4n) is 1.91. The largest absolute Gasteiger partial charge is 0.497 e. The molecule has 1 aromatic carbocycles. The maximum atomic E-state index is 6.27. The Hall–Kier alpha value is -1.85. The van der Waals surface area contributed by atoms with Crippen LogP contribution in [0.15, 0.2) is 47.9 Å². The zero-order valence-corrected chi connectivity index (χ0v) is 12.9. The Morgan fingerprint density at radius 3 is 2.90 bits per heavy atom. The van der Waals surface area contributed by atoms with E-state index in [4.69, 9.17) is 16.3 Å². The van der Waals surface area contributed by atoms with E-state index < -0.39 is 0 Å². The highest BCUT2D eigenvalue weighted by Crippen LogP contribution is 2.28. The lowest BCUT2D eigenvalue weighted by molar-refractivity contribution is 0.415. The zero-order valence-electron chi connectivity index (χ0n) is 11.3. The number of thioether (sulfide) groups is 1. The summed E-state index contributed by atoms with van der Waals surface area (Å²) in [5, 5.41) is 2.46. The number of hydrogen-bond acceptors (Lipinski definition) is 5. The van der Waals surface area contributed by atoms with Crippen LogP contribution < -0.4 is 4.74 Å². The summed E-state index contributed by atoms with van der Waals surface area (Å²) in [6.07, 6.45) is 3.26. The van der Waals surface area contributed by atoms with Crippen molar-refractivity contribution in [1.82, 2.24) is 15.0 Å². The molecule has 0 spiro atoms. The van der Waals surface area contributed by atoms with Crippen LogP contribution in [-0.4, -0.2) is 22.1 Å². The van der Waals surface area contributed by atoms with Crippen molar-refractivity contribution in [3.63, 3.8) is 0 Å². The lowest BCUT2D eigenvalue weighted by Crippen LogP contribution is -1.91. The molecule has 3 rings (SSSR count). The topological polar surface area (TPSA) is 47.9 Å². The summed E-state index contributed by atoms with van der Waals surface area (Å²) in [7, 11) is 1.63. The Morgan fingerprint density at radius 1 is 1.24 bits per heavy atom. The van der Waals surface area contributed by atoms with Crippen LogP contribution in [0, 0.1) is 0 Å². The lowest BCUT2D eigenvalue weighted by atomic mass is 10.1. The maximum absolute atomic E-state index is 6.27. The molecular formula is C15H12ClN3OS. The fraction of sp³-hybridized carbons (Fsp3) is 0.133. The molecule has 21 heavy (non-hydrogen) atoms. The SMILES string of the molecule is COc1ccc2cc(CSc3ccncn3)c(Cl)nc2c1. The van der Waals surface area contributed by atoms with Gasteiger partial charge in [0, 0.05) is 29.0 Å². The predicted octanol–water partition coefficient (Wildman–Crippen LogP) is 3.98. The maximum Gasteiger partial charge on any atom is 0.133 e. The second kappa shape index (κ2) is 6.28. The van der Waals surface area contributed by atoms with Crippen molar-refractivity contribution >= 4 is 34.3 Å². The fourth-order valence-corrected chi connectivity index (χ4v) is 3.00. The Bertz CT molecular complexity index is 767. The van der Waals surface area contributed by atoms with Crippen molar-refractivity contribution in [2.45, 2.75) is 10.8 Å². The number of hydrogen-bond donors (Lipinski definition) is 0. The Labute approximate surface area is 131 Å². The number of methoxy groups -OCH3 is 1. The van der Waals surface area contributed by atoms with Gasteiger partial charge in [0.1, 0.15) is 17.2 Å². The van der Waals surface area contributed by atoms with Gasteiger partial charge in [-0.25, -0.2) is 15.0 Å². The third-order valence-corrected chi connectivity index (χ3v) is 4.30. The van der Waals surface area contributed by atoms with Gasteiger partial charge >= 0.3 is 0 Å². The highest BCUT2D eigenvalue weighted by Gasteiger charge is 2.07. The average Bonchev–Trinajstić information content (AvgIpc) is 2.53. The van der Waals surface area contributed by atoms with Gasteiger partial charge in [-0.2, -0.15) is 0 Å². The van der Waals surface area contributed by atoms with Gasteiger partial charge in [-0.1, -0.05) is 11.6 Å². The van der Waals surface area contributed by atoms with E-state index >= 15 is 0 Å². The molecule has 106 valence electrons. The molecule has 0 atom stereocenters. The minimum Gasteiger partial charge on any atom is -0.497 e. The second-order valence-electron chi connectivity index (χ2n) is 4.33. The number of fused-ring (bicyclic) bond motifs is 1. The first-order valence-electron chi connectivity index (χ1n) is 6.28. The number of aromatic nitrogens is 3. The third kappa shape index (κ3) is 3.25. The molecule has 0 aliphatic heterocycles.